The van der Waals surface area contributed by atoms with Gasteiger partial charge in [0.05, 0.1) is 0 Å². The summed E-state index contributed by atoms with van der Waals surface area (Å²) in [5.74, 6) is 3.46. The summed E-state index contributed by atoms with van der Waals surface area (Å²) < 4.78 is 0.903. The number of nitrogens with one attached hydrogen (secondary N) is 1. The van der Waals surface area contributed by atoms with E-state index in [4.69, 9.17) is 0 Å². The first-order valence-corrected chi connectivity index (χ1v) is 6.89. The van der Waals surface area contributed by atoms with Crippen LogP contribution in [0.5, 0.6) is 0 Å². The first kappa shape index (κ1) is 10.5. The fourth-order valence-electron chi connectivity index (χ4n) is 2.00. The Morgan fingerprint density at radius 1 is 1.25 bits per heavy atom. The summed E-state index contributed by atoms with van der Waals surface area (Å²) in [7, 11) is 0. The molecule has 0 bridgehead atoms. The zero-order valence-electron chi connectivity index (χ0n) is 9.25. The van der Waals surface area contributed by atoms with Gasteiger partial charge in [-0.15, -0.1) is 0 Å². The number of nitrogens with zero attached hydrogens (tertiary/aromatic N) is 2. The number of rotatable bonds is 4. The van der Waals surface area contributed by atoms with Gasteiger partial charge in [-0.1, -0.05) is 6.42 Å². The van der Waals surface area contributed by atoms with Gasteiger partial charge in [0, 0.05) is 18.5 Å². The van der Waals surface area contributed by atoms with E-state index in [2.05, 4.69) is 31.2 Å². The van der Waals surface area contributed by atoms with E-state index in [9.17, 15) is 0 Å². The van der Waals surface area contributed by atoms with Crippen molar-refractivity contribution < 1.29 is 0 Å². The minimum Gasteiger partial charge on any atom is -0.370 e. The highest BCUT2D eigenvalue weighted by atomic mass is 79.9. The molecule has 0 spiro atoms. The quantitative estimate of drug-likeness (QED) is 0.861. The second-order valence-corrected chi connectivity index (χ2v) is 5.70. The molecule has 1 aromatic rings. The van der Waals surface area contributed by atoms with Crippen molar-refractivity contribution in [3.05, 3.63) is 16.5 Å². The van der Waals surface area contributed by atoms with Crippen LogP contribution in [0.25, 0.3) is 0 Å². The van der Waals surface area contributed by atoms with Crippen LogP contribution in [-0.2, 0) is 0 Å². The molecular weight excluding hydrogens is 266 g/mol. The van der Waals surface area contributed by atoms with Crippen LogP contribution in [0.3, 0.4) is 0 Å². The summed E-state index contributed by atoms with van der Waals surface area (Å²) in [5, 5.41) is 3.43. The largest absolute Gasteiger partial charge is 0.370 e. The fraction of sp³-hybridized carbons (Fsp3) is 0.667. The molecule has 1 heterocycles. The summed E-state index contributed by atoms with van der Waals surface area (Å²) in [4.78, 5) is 9.00. The van der Waals surface area contributed by atoms with E-state index in [-0.39, 0.29) is 0 Å². The maximum absolute atomic E-state index is 4.57. The van der Waals surface area contributed by atoms with E-state index < -0.39 is 0 Å². The van der Waals surface area contributed by atoms with Gasteiger partial charge in [0.2, 0.25) is 0 Å². The second-order valence-electron chi connectivity index (χ2n) is 4.89. The third kappa shape index (κ3) is 2.37. The Bertz CT molecular complexity index is 386. The fourth-order valence-corrected chi connectivity index (χ4v) is 2.39. The Kier molecular flexibility index (Phi) is 2.84. The molecule has 2 saturated carbocycles. The monoisotopic (exact) mass is 281 g/mol. The number of anilines is 1. The van der Waals surface area contributed by atoms with Gasteiger partial charge in [0.1, 0.15) is 16.2 Å². The van der Waals surface area contributed by atoms with Crippen LogP contribution in [-0.4, -0.2) is 16.5 Å². The average molecular weight is 282 g/mol. The van der Waals surface area contributed by atoms with Crippen molar-refractivity contribution in [2.45, 2.75) is 38.0 Å². The van der Waals surface area contributed by atoms with Gasteiger partial charge in [-0.3, -0.25) is 0 Å². The van der Waals surface area contributed by atoms with Gasteiger partial charge < -0.3 is 5.32 Å². The average Bonchev–Trinajstić information content (AvgIpc) is 2.97. The molecule has 0 aromatic carbocycles. The molecule has 86 valence electrons. The van der Waals surface area contributed by atoms with E-state index in [1.165, 1.54) is 32.1 Å². The third-order valence-electron chi connectivity index (χ3n) is 3.45. The summed E-state index contributed by atoms with van der Waals surface area (Å²) in [6.45, 7) is 1.06. The predicted octanol–water partition coefficient (Wildman–Crippen LogP) is 3.33. The first-order chi connectivity index (χ1) is 7.81. The van der Waals surface area contributed by atoms with Crippen molar-refractivity contribution in [3.8, 4) is 0 Å². The van der Waals surface area contributed by atoms with Crippen molar-refractivity contribution in [2.75, 3.05) is 11.9 Å². The van der Waals surface area contributed by atoms with Gasteiger partial charge in [-0.2, -0.15) is 0 Å². The summed E-state index contributed by atoms with van der Waals surface area (Å²) >= 11 is 3.46. The first-order valence-electron chi connectivity index (χ1n) is 6.09. The van der Waals surface area contributed by atoms with Crippen LogP contribution >= 0.6 is 15.9 Å². The highest BCUT2D eigenvalue weighted by Gasteiger charge is 2.27. The molecule has 0 radical (unpaired) electrons. The molecule has 0 atom stereocenters. The number of halogens is 1. The summed E-state index contributed by atoms with van der Waals surface area (Å²) in [6, 6.07) is 1.98. The van der Waals surface area contributed by atoms with Crippen LogP contribution in [0, 0.1) is 5.92 Å². The Hall–Kier alpha value is -0.640. The Morgan fingerprint density at radius 2 is 2.06 bits per heavy atom. The Labute approximate surface area is 104 Å². The molecule has 2 aliphatic carbocycles. The highest BCUT2D eigenvalue weighted by molar-refractivity contribution is 9.10. The summed E-state index contributed by atoms with van der Waals surface area (Å²) in [5.41, 5.74) is 0. The van der Waals surface area contributed by atoms with Crippen LogP contribution < -0.4 is 5.32 Å². The molecule has 0 aliphatic heterocycles. The highest BCUT2D eigenvalue weighted by Crippen LogP contribution is 2.38. The van der Waals surface area contributed by atoms with E-state index >= 15 is 0 Å². The zero-order valence-corrected chi connectivity index (χ0v) is 10.8. The van der Waals surface area contributed by atoms with Crippen LogP contribution in [0.2, 0.25) is 0 Å². The van der Waals surface area contributed by atoms with Crippen LogP contribution in [0.4, 0.5) is 5.82 Å². The minimum atomic E-state index is 0.613. The van der Waals surface area contributed by atoms with Gasteiger partial charge in [0.25, 0.3) is 0 Å². The lowest BCUT2D eigenvalue weighted by Gasteiger charge is -2.25. The van der Waals surface area contributed by atoms with E-state index in [1.807, 2.05) is 6.07 Å². The van der Waals surface area contributed by atoms with E-state index in [1.54, 1.807) is 0 Å². The molecular formula is C12H16BrN3. The maximum Gasteiger partial charge on any atom is 0.135 e. The minimum absolute atomic E-state index is 0.613. The van der Waals surface area contributed by atoms with Crippen molar-refractivity contribution in [1.29, 1.82) is 0 Å². The number of hydrogen-bond donors (Lipinski definition) is 1. The van der Waals surface area contributed by atoms with Gasteiger partial charge in [-0.05, 0) is 47.5 Å². The zero-order chi connectivity index (χ0) is 11.0. The standard InChI is InChI=1S/C12H16BrN3/c13-10-6-11(14-7-8-2-1-3-8)16-12(15-10)9-4-5-9/h6,8-9H,1-5,7H2,(H,14,15,16). The van der Waals surface area contributed by atoms with E-state index in [0.29, 0.717) is 5.92 Å². The molecule has 0 unspecified atom stereocenters. The van der Waals surface area contributed by atoms with Crippen molar-refractivity contribution in [3.63, 3.8) is 0 Å². The maximum atomic E-state index is 4.57. The molecule has 0 amide bonds. The number of aromatic nitrogens is 2. The normalized spacial score (nSPS) is 20.6. The topological polar surface area (TPSA) is 37.8 Å². The van der Waals surface area contributed by atoms with Crippen LogP contribution in [0.15, 0.2) is 10.7 Å². The molecule has 16 heavy (non-hydrogen) atoms. The van der Waals surface area contributed by atoms with Crippen molar-refractivity contribution in [1.82, 2.24) is 9.97 Å². The smallest absolute Gasteiger partial charge is 0.135 e. The second kappa shape index (κ2) is 4.32. The molecule has 1 aromatic heterocycles. The SMILES string of the molecule is Brc1cc(NCC2CCC2)nc(C2CC2)n1. The predicted molar refractivity (Wildman–Crippen MR) is 67.5 cm³/mol. The Morgan fingerprint density at radius 3 is 2.69 bits per heavy atom. The van der Waals surface area contributed by atoms with Crippen molar-refractivity contribution >= 4 is 21.7 Å². The van der Waals surface area contributed by atoms with Gasteiger partial charge in [0.15, 0.2) is 0 Å². The lowest BCUT2D eigenvalue weighted by Crippen LogP contribution is -2.21. The molecule has 3 rings (SSSR count). The lowest BCUT2D eigenvalue weighted by molar-refractivity contribution is 0.333. The molecule has 2 fully saturated rings. The van der Waals surface area contributed by atoms with Gasteiger partial charge in [-0.25, -0.2) is 9.97 Å². The number of hydrogen-bond acceptors (Lipinski definition) is 3. The summed E-state index contributed by atoms with van der Waals surface area (Å²) in [6.07, 6.45) is 6.63. The molecule has 3 nitrogen and oxygen atoms in total. The molecule has 4 heteroatoms. The molecule has 0 saturated heterocycles. The van der Waals surface area contributed by atoms with Crippen molar-refractivity contribution in [2.24, 2.45) is 5.92 Å². The van der Waals surface area contributed by atoms with Gasteiger partial charge >= 0.3 is 0 Å². The van der Waals surface area contributed by atoms with E-state index in [0.717, 1.165) is 28.7 Å². The third-order valence-corrected chi connectivity index (χ3v) is 3.86. The van der Waals surface area contributed by atoms with Crippen LogP contribution in [0.1, 0.15) is 43.8 Å². The Balaban J connectivity index is 1.67. The lowest BCUT2D eigenvalue weighted by atomic mass is 9.85. The molecule has 2 aliphatic rings. The molecule has 1 N–H and O–H groups in total.